The van der Waals surface area contributed by atoms with Crippen LogP contribution in [-0.2, 0) is 0 Å². The molecule has 0 spiro atoms. The lowest BCUT2D eigenvalue weighted by Gasteiger charge is -2.15. The van der Waals surface area contributed by atoms with Gasteiger partial charge in [0.15, 0.2) is 0 Å². The van der Waals surface area contributed by atoms with Crippen LogP contribution in [0.3, 0.4) is 0 Å². The summed E-state index contributed by atoms with van der Waals surface area (Å²) < 4.78 is 0. The minimum absolute atomic E-state index is 0.671. The van der Waals surface area contributed by atoms with Crippen LogP contribution < -0.4 is 5.73 Å². The van der Waals surface area contributed by atoms with Crippen LogP contribution >= 0.6 is 11.6 Å². The second-order valence-electron chi connectivity index (χ2n) is 2.59. The Kier molecular flexibility index (Phi) is 4.75. The highest BCUT2D eigenvalue weighted by molar-refractivity contribution is 6.24. The molecule has 0 saturated carbocycles. The molecule has 2 N–H and O–H groups in total. The Morgan fingerprint density at radius 2 is 2.20 bits per heavy atom. The summed E-state index contributed by atoms with van der Waals surface area (Å²) in [5, 5.41) is 0. The van der Waals surface area contributed by atoms with Gasteiger partial charge >= 0.3 is 0 Å². The molecule has 10 heavy (non-hydrogen) atoms. The smallest absolute Gasteiger partial charge is 0.109 e. The van der Waals surface area contributed by atoms with E-state index in [4.69, 9.17) is 17.3 Å². The van der Waals surface area contributed by atoms with E-state index in [1.165, 1.54) is 12.8 Å². The number of hydrogen-bond donors (Lipinski definition) is 1. The molecule has 1 nitrogen and oxygen atoms in total. The van der Waals surface area contributed by atoms with Gasteiger partial charge in [0.1, 0.15) is 5.00 Å². The lowest BCUT2D eigenvalue weighted by atomic mass is 10.1. The summed E-state index contributed by atoms with van der Waals surface area (Å²) in [5.41, 5.74) is 5.60. The number of nitrogens with two attached hydrogens (primary N) is 1. The maximum atomic E-state index is 5.82. The maximum Gasteiger partial charge on any atom is 0.109 e. The van der Waals surface area contributed by atoms with Crippen LogP contribution in [0.1, 0.15) is 32.6 Å². The van der Waals surface area contributed by atoms with Crippen molar-refractivity contribution in [1.29, 1.82) is 0 Å². The van der Waals surface area contributed by atoms with E-state index >= 15 is 0 Å². The summed E-state index contributed by atoms with van der Waals surface area (Å²) in [7, 11) is 0. The summed E-state index contributed by atoms with van der Waals surface area (Å²) in [4.78, 5) is -0.671. The molecule has 0 radical (unpaired) electrons. The van der Waals surface area contributed by atoms with Gasteiger partial charge in [0.05, 0.1) is 0 Å². The quantitative estimate of drug-likeness (QED) is 0.285. The van der Waals surface area contributed by atoms with Gasteiger partial charge in [0.2, 0.25) is 0 Å². The third-order valence-corrected chi connectivity index (χ3v) is 1.85. The number of hydrogen-bond acceptors (Lipinski definition) is 1. The van der Waals surface area contributed by atoms with E-state index in [0.717, 1.165) is 12.8 Å². The van der Waals surface area contributed by atoms with Crippen molar-refractivity contribution in [3.05, 3.63) is 12.7 Å². The topological polar surface area (TPSA) is 26.0 Å². The molecule has 0 heterocycles. The van der Waals surface area contributed by atoms with Crippen LogP contribution in [0.25, 0.3) is 0 Å². The fraction of sp³-hybridized carbons (Fsp3) is 0.750. The average Bonchev–Trinajstić information content (AvgIpc) is 1.89. The van der Waals surface area contributed by atoms with Crippen LogP contribution in [0.2, 0.25) is 0 Å². The molecule has 1 unspecified atom stereocenters. The van der Waals surface area contributed by atoms with Gasteiger partial charge in [-0.25, -0.2) is 0 Å². The zero-order valence-electron chi connectivity index (χ0n) is 6.57. The second kappa shape index (κ2) is 4.75. The second-order valence-corrected chi connectivity index (χ2v) is 3.29. The van der Waals surface area contributed by atoms with Crippen LogP contribution in [0, 0.1) is 0 Å². The van der Waals surface area contributed by atoms with Crippen molar-refractivity contribution in [3.63, 3.8) is 0 Å². The van der Waals surface area contributed by atoms with E-state index < -0.39 is 5.00 Å². The number of halogens is 1. The minimum atomic E-state index is -0.671. The Labute approximate surface area is 68.2 Å². The van der Waals surface area contributed by atoms with E-state index in [-0.39, 0.29) is 0 Å². The van der Waals surface area contributed by atoms with E-state index in [0.29, 0.717) is 0 Å². The molecule has 0 aromatic rings. The Bertz CT molecular complexity index is 99.4. The first-order chi connectivity index (χ1) is 4.62. The van der Waals surface area contributed by atoms with Crippen molar-refractivity contribution in [2.45, 2.75) is 37.6 Å². The van der Waals surface area contributed by atoms with Crippen molar-refractivity contribution in [2.24, 2.45) is 5.73 Å². The van der Waals surface area contributed by atoms with Gasteiger partial charge in [-0.15, -0.1) is 6.58 Å². The molecule has 0 rings (SSSR count). The van der Waals surface area contributed by atoms with Gasteiger partial charge in [0, 0.05) is 0 Å². The Morgan fingerprint density at radius 1 is 1.60 bits per heavy atom. The molecule has 2 heteroatoms. The molecule has 0 fully saturated rings. The van der Waals surface area contributed by atoms with E-state index in [1.54, 1.807) is 6.08 Å². The van der Waals surface area contributed by atoms with Gasteiger partial charge < -0.3 is 5.73 Å². The lowest BCUT2D eigenvalue weighted by Crippen LogP contribution is -2.29. The van der Waals surface area contributed by atoms with Gasteiger partial charge in [-0.1, -0.05) is 43.9 Å². The first-order valence-electron chi connectivity index (χ1n) is 3.74. The van der Waals surface area contributed by atoms with Crippen LogP contribution in [-0.4, -0.2) is 5.00 Å². The first kappa shape index (κ1) is 9.99. The standard InChI is InChI=1S/C8H16ClN/c1-3-5-6-7-8(9,10)4-2/h4H,2-3,5-7,10H2,1H3. The zero-order valence-corrected chi connectivity index (χ0v) is 7.32. The fourth-order valence-corrected chi connectivity index (χ4v) is 0.882. The van der Waals surface area contributed by atoms with E-state index in [2.05, 4.69) is 13.5 Å². The van der Waals surface area contributed by atoms with Crippen LogP contribution in [0.4, 0.5) is 0 Å². The van der Waals surface area contributed by atoms with Crippen LogP contribution in [0.5, 0.6) is 0 Å². The third-order valence-electron chi connectivity index (χ3n) is 1.50. The zero-order chi connectivity index (χ0) is 8.04. The van der Waals surface area contributed by atoms with Crippen LogP contribution in [0.15, 0.2) is 12.7 Å². The molecule has 0 amide bonds. The molecular weight excluding hydrogens is 146 g/mol. The molecule has 0 saturated heterocycles. The molecule has 60 valence electrons. The summed E-state index contributed by atoms with van der Waals surface area (Å²) >= 11 is 5.82. The van der Waals surface area contributed by atoms with Crippen molar-refractivity contribution in [2.75, 3.05) is 0 Å². The molecule has 0 aliphatic carbocycles. The highest BCUT2D eigenvalue weighted by Gasteiger charge is 2.14. The molecule has 0 aliphatic heterocycles. The lowest BCUT2D eigenvalue weighted by molar-refractivity contribution is 0.585. The van der Waals surface area contributed by atoms with E-state index in [1.807, 2.05) is 0 Å². The SMILES string of the molecule is C=CC(N)(Cl)CCCCC. The number of unbranched alkanes of at least 4 members (excludes halogenated alkanes) is 2. The molecule has 1 atom stereocenters. The monoisotopic (exact) mass is 161 g/mol. The Balaban J connectivity index is 3.37. The van der Waals surface area contributed by atoms with Gasteiger partial charge in [-0.05, 0) is 6.42 Å². The van der Waals surface area contributed by atoms with Gasteiger partial charge in [0.25, 0.3) is 0 Å². The molecule has 0 aromatic heterocycles. The first-order valence-corrected chi connectivity index (χ1v) is 4.11. The van der Waals surface area contributed by atoms with Crippen molar-refractivity contribution < 1.29 is 0 Å². The summed E-state index contributed by atoms with van der Waals surface area (Å²) in [6.07, 6.45) is 5.91. The maximum absolute atomic E-state index is 5.82. The fourth-order valence-electron chi connectivity index (χ4n) is 0.748. The van der Waals surface area contributed by atoms with Gasteiger partial charge in [-0.3, -0.25) is 0 Å². The predicted octanol–water partition coefficient (Wildman–Crippen LogP) is 2.65. The predicted molar refractivity (Wildman–Crippen MR) is 47.1 cm³/mol. The van der Waals surface area contributed by atoms with Crippen molar-refractivity contribution in [1.82, 2.24) is 0 Å². The summed E-state index contributed by atoms with van der Waals surface area (Å²) in [6.45, 7) is 5.71. The Hall–Kier alpha value is -0.0100. The Morgan fingerprint density at radius 3 is 2.60 bits per heavy atom. The highest BCUT2D eigenvalue weighted by Crippen LogP contribution is 2.17. The average molecular weight is 162 g/mol. The minimum Gasteiger partial charge on any atom is -0.310 e. The largest absolute Gasteiger partial charge is 0.310 e. The number of rotatable bonds is 5. The van der Waals surface area contributed by atoms with Gasteiger partial charge in [-0.2, -0.15) is 0 Å². The number of alkyl halides is 1. The summed E-state index contributed by atoms with van der Waals surface area (Å²) in [6, 6.07) is 0. The highest BCUT2D eigenvalue weighted by atomic mass is 35.5. The molecule has 0 bridgehead atoms. The molecular formula is C8H16ClN. The normalized spacial score (nSPS) is 16.3. The van der Waals surface area contributed by atoms with Crippen molar-refractivity contribution >= 4 is 11.6 Å². The van der Waals surface area contributed by atoms with Crippen molar-refractivity contribution in [3.8, 4) is 0 Å². The van der Waals surface area contributed by atoms with E-state index in [9.17, 15) is 0 Å². The third kappa shape index (κ3) is 4.83. The molecule has 0 aliphatic rings. The summed E-state index contributed by atoms with van der Waals surface area (Å²) in [5.74, 6) is 0. The molecule has 0 aromatic carbocycles.